The number of carbonyl (C=O) groups is 2. The molecule has 130 valence electrons. The number of amides is 2. The van der Waals surface area contributed by atoms with E-state index in [2.05, 4.69) is 15.5 Å². The average molecular weight is 347 g/mol. The first-order chi connectivity index (χ1) is 11.6. The summed E-state index contributed by atoms with van der Waals surface area (Å²) in [7, 11) is 0. The lowest BCUT2D eigenvalue weighted by atomic mass is 10.1. The van der Waals surface area contributed by atoms with Crippen LogP contribution in [0.1, 0.15) is 47.3 Å². The van der Waals surface area contributed by atoms with Crippen LogP contribution in [0.25, 0.3) is 0 Å². The molecule has 3 fully saturated rings. The summed E-state index contributed by atoms with van der Waals surface area (Å²) in [6.45, 7) is 4.99. The molecule has 6 heteroatoms. The van der Waals surface area contributed by atoms with E-state index in [1.54, 1.807) is 0 Å². The lowest BCUT2D eigenvalue weighted by Crippen LogP contribution is -2.31. The highest BCUT2D eigenvalue weighted by atomic mass is 32.1. The Kier molecular flexibility index (Phi) is 4.35. The molecule has 4 rings (SSSR count). The first-order valence-corrected chi connectivity index (χ1v) is 9.85. The smallest absolute Gasteiger partial charge is 0.261 e. The Hall–Kier alpha value is -1.40. The topological polar surface area (TPSA) is 61.4 Å². The zero-order chi connectivity index (χ0) is 16.7. The zero-order valence-electron chi connectivity index (χ0n) is 14.1. The standard InChI is InChI=1S/C18H25N3O2S/c1-11-8-15(20-17(22)13-2-3-13)24-16(11)18(23)19-9-12-6-7-21(10-12)14-4-5-14/h8,12-14H,2-7,9-10H2,1H3,(H,19,23)(H,20,22)/t12-/m0/s1. The Morgan fingerprint density at radius 1 is 1.25 bits per heavy atom. The van der Waals surface area contributed by atoms with Crippen LogP contribution < -0.4 is 10.6 Å². The number of carbonyl (C=O) groups excluding carboxylic acids is 2. The Labute approximate surface area is 146 Å². The normalized spacial score (nSPS) is 24.1. The van der Waals surface area contributed by atoms with Gasteiger partial charge in [0.25, 0.3) is 5.91 Å². The summed E-state index contributed by atoms with van der Waals surface area (Å²) in [4.78, 5) is 27.6. The van der Waals surface area contributed by atoms with Crippen molar-refractivity contribution in [2.24, 2.45) is 11.8 Å². The van der Waals surface area contributed by atoms with Crippen LogP contribution in [-0.4, -0.2) is 42.4 Å². The molecule has 24 heavy (non-hydrogen) atoms. The highest BCUT2D eigenvalue weighted by Gasteiger charge is 2.34. The predicted octanol–water partition coefficient (Wildman–Crippen LogP) is 2.62. The highest BCUT2D eigenvalue weighted by molar-refractivity contribution is 7.18. The molecule has 0 aromatic carbocycles. The molecular formula is C18H25N3O2S. The van der Waals surface area contributed by atoms with Crippen molar-refractivity contribution in [1.29, 1.82) is 0 Å². The third kappa shape index (κ3) is 3.64. The van der Waals surface area contributed by atoms with E-state index in [1.807, 2.05) is 13.0 Å². The minimum atomic E-state index is -0.00528. The number of hydrogen-bond acceptors (Lipinski definition) is 4. The molecule has 2 N–H and O–H groups in total. The van der Waals surface area contributed by atoms with Crippen molar-refractivity contribution in [3.8, 4) is 0 Å². The molecule has 2 heterocycles. The number of aryl methyl sites for hydroxylation is 1. The number of anilines is 1. The van der Waals surface area contributed by atoms with E-state index in [-0.39, 0.29) is 17.7 Å². The van der Waals surface area contributed by atoms with E-state index in [4.69, 9.17) is 0 Å². The minimum Gasteiger partial charge on any atom is -0.351 e. The van der Waals surface area contributed by atoms with Crippen LogP contribution in [0, 0.1) is 18.8 Å². The molecule has 5 nitrogen and oxygen atoms in total. The maximum atomic E-state index is 12.5. The van der Waals surface area contributed by atoms with Crippen LogP contribution in [0.5, 0.6) is 0 Å². The summed E-state index contributed by atoms with van der Waals surface area (Å²) in [5.74, 6) is 0.842. The van der Waals surface area contributed by atoms with Crippen LogP contribution in [0.15, 0.2) is 6.07 Å². The molecule has 2 saturated carbocycles. The zero-order valence-corrected chi connectivity index (χ0v) is 15.0. The van der Waals surface area contributed by atoms with E-state index in [1.165, 1.54) is 37.1 Å². The molecule has 0 unspecified atom stereocenters. The first kappa shape index (κ1) is 16.1. The van der Waals surface area contributed by atoms with Crippen LogP contribution in [-0.2, 0) is 4.79 Å². The van der Waals surface area contributed by atoms with E-state index in [0.717, 1.165) is 47.4 Å². The summed E-state index contributed by atoms with van der Waals surface area (Å²) in [5.41, 5.74) is 0.939. The van der Waals surface area contributed by atoms with E-state index >= 15 is 0 Å². The third-order valence-corrected chi connectivity index (χ3v) is 6.40. The van der Waals surface area contributed by atoms with Crippen molar-refractivity contribution in [2.75, 3.05) is 25.0 Å². The fourth-order valence-electron chi connectivity index (χ4n) is 3.46. The van der Waals surface area contributed by atoms with Crippen molar-refractivity contribution in [1.82, 2.24) is 10.2 Å². The second-order valence-electron chi connectivity index (χ2n) is 7.48. The fourth-order valence-corrected chi connectivity index (χ4v) is 4.45. The maximum absolute atomic E-state index is 12.5. The lowest BCUT2D eigenvalue weighted by Gasteiger charge is -2.15. The Balaban J connectivity index is 1.29. The van der Waals surface area contributed by atoms with Gasteiger partial charge in [-0.3, -0.25) is 9.59 Å². The molecule has 1 aromatic rings. The van der Waals surface area contributed by atoms with Gasteiger partial charge >= 0.3 is 0 Å². The largest absolute Gasteiger partial charge is 0.351 e. The monoisotopic (exact) mass is 347 g/mol. The van der Waals surface area contributed by atoms with Gasteiger partial charge in [0.2, 0.25) is 5.91 Å². The number of thiophene rings is 1. The van der Waals surface area contributed by atoms with Crippen molar-refractivity contribution >= 4 is 28.2 Å². The quantitative estimate of drug-likeness (QED) is 0.831. The van der Waals surface area contributed by atoms with Crippen molar-refractivity contribution in [3.63, 3.8) is 0 Å². The summed E-state index contributed by atoms with van der Waals surface area (Å²) < 4.78 is 0. The summed E-state index contributed by atoms with van der Waals surface area (Å²) in [6.07, 6.45) is 5.86. The Bertz CT molecular complexity index is 649. The van der Waals surface area contributed by atoms with Crippen LogP contribution >= 0.6 is 11.3 Å². The van der Waals surface area contributed by atoms with Gasteiger partial charge < -0.3 is 15.5 Å². The third-order valence-electron chi connectivity index (χ3n) is 5.25. The molecule has 1 atom stereocenters. The van der Waals surface area contributed by atoms with Crippen molar-refractivity contribution < 1.29 is 9.59 Å². The predicted molar refractivity (Wildman–Crippen MR) is 95.4 cm³/mol. The molecule has 2 amide bonds. The van der Waals surface area contributed by atoms with Crippen LogP contribution in [0.2, 0.25) is 0 Å². The molecule has 0 spiro atoms. The first-order valence-electron chi connectivity index (χ1n) is 9.03. The molecule has 2 aliphatic carbocycles. The van der Waals surface area contributed by atoms with Gasteiger partial charge in [-0.15, -0.1) is 11.3 Å². The lowest BCUT2D eigenvalue weighted by molar-refractivity contribution is -0.117. The molecule has 1 aliphatic heterocycles. The van der Waals surface area contributed by atoms with Gasteiger partial charge in [0.1, 0.15) is 0 Å². The van der Waals surface area contributed by atoms with E-state index < -0.39 is 0 Å². The number of nitrogens with zero attached hydrogens (tertiary/aromatic N) is 1. The minimum absolute atomic E-state index is 0.00528. The molecule has 3 aliphatic rings. The van der Waals surface area contributed by atoms with Gasteiger partial charge in [0.05, 0.1) is 9.88 Å². The summed E-state index contributed by atoms with van der Waals surface area (Å²) >= 11 is 1.38. The number of rotatable bonds is 6. The maximum Gasteiger partial charge on any atom is 0.261 e. The number of likely N-dealkylation sites (tertiary alicyclic amines) is 1. The summed E-state index contributed by atoms with van der Waals surface area (Å²) in [6, 6.07) is 2.73. The Morgan fingerprint density at radius 2 is 2.04 bits per heavy atom. The fraction of sp³-hybridized carbons (Fsp3) is 0.667. The molecule has 1 saturated heterocycles. The molecule has 0 bridgehead atoms. The Morgan fingerprint density at radius 3 is 2.75 bits per heavy atom. The van der Waals surface area contributed by atoms with Crippen LogP contribution in [0.3, 0.4) is 0 Å². The van der Waals surface area contributed by atoms with Gasteiger partial charge in [0.15, 0.2) is 0 Å². The van der Waals surface area contributed by atoms with Crippen molar-refractivity contribution in [2.45, 2.75) is 45.1 Å². The summed E-state index contributed by atoms with van der Waals surface area (Å²) in [5, 5.41) is 6.82. The second kappa shape index (κ2) is 6.48. The average Bonchev–Trinajstić information content (AvgIpc) is 3.48. The van der Waals surface area contributed by atoms with Crippen molar-refractivity contribution in [3.05, 3.63) is 16.5 Å². The van der Waals surface area contributed by atoms with E-state index in [9.17, 15) is 9.59 Å². The SMILES string of the molecule is Cc1cc(NC(=O)C2CC2)sc1C(=O)NC[C@@H]1CCN(C2CC2)C1. The van der Waals surface area contributed by atoms with Gasteiger partial charge in [0, 0.05) is 25.0 Å². The molecular weight excluding hydrogens is 322 g/mol. The highest BCUT2D eigenvalue weighted by Crippen LogP contribution is 2.33. The van der Waals surface area contributed by atoms with Gasteiger partial charge in [-0.1, -0.05) is 0 Å². The molecule has 0 radical (unpaired) electrons. The number of hydrogen-bond donors (Lipinski definition) is 2. The second-order valence-corrected chi connectivity index (χ2v) is 8.53. The van der Waals surface area contributed by atoms with Gasteiger partial charge in [-0.2, -0.15) is 0 Å². The van der Waals surface area contributed by atoms with Gasteiger partial charge in [-0.25, -0.2) is 0 Å². The number of nitrogens with one attached hydrogen (secondary N) is 2. The van der Waals surface area contributed by atoms with Crippen LogP contribution in [0.4, 0.5) is 5.00 Å². The molecule has 1 aromatic heterocycles. The van der Waals surface area contributed by atoms with Gasteiger partial charge in [-0.05, 0) is 63.1 Å². The van der Waals surface area contributed by atoms with E-state index in [0.29, 0.717) is 5.92 Å².